The molecule has 0 aromatic heterocycles. The van der Waals surface area contributed by atoms with Crippen molar-refractivity contribution < 1.29 is 16.8 Å². The SMILES string of the molecule is CCS(=O)(=O)N1CCc2ccc(NS(=O)(=O)C3CCCCC3)cc2C1. The van der Waals surface area contributed by atoms with Crippen molar-refractivity contribution in [2.45, 2.75) is 57.2 Å². The quantitative estimate of drug-likeness (QED) is 0.843. The topological polar surface area (TPSA) is 83.6 Å². The Morgan fingerprint density at radius 3 is 2.48 bits per heavy atom. The molecule has 8 heteroatoms. The number of hydrogen-bond donors (Lipinski definition) is 1. The van der Waals surface area contributed by atoms with Crippen molar-refractivity contribution in [2.75, 3.05) is 17.0 Å². The number of rotatable bonds is 5. The zero-order valence-electron chi connectivity index (χ0n) is 14.6. The molecule has 1 aromatic rings. The van der Waals surface area contributed by atoms with Gasteiger partial charge in [0.25, 0.3) is 0 Å². The molecule has 25 heavy (non-hydrogen) atoms. The van der Waals surface area contributed by atoms with E-state index in [0.29, 0.717) is 38.0 Å². The molecule has 1 saturated carbocycles. The minimum atomic E-state index is -3.39. The molecule has 0 bridgehead atoms. The molecule has 1 aliphatic heterocycles. The van der Waals surface area contributed by atoms with Crippen molar-refractivity contribution in [1.82, 2.24) is 4.31 Å². The fraction of sp³-hybridized carbons (Fsp3) is 0.647. The summed E-state index contributed by atoms with van der Waals surface area (Å²) in [5.74, 6) is 0.0797. The highest BCUT2D eigenvalue weighted by atomic mass is 32.2. The van der Waals surface area contributed by atoms with Crippen molar-refractivity contribution in [3.05, 3.63) is 29.3 Å². The molecule has 1 fully saturated rings. The van der Waals surface area contributed by atoms with Gasteiger partial charge in [-0.25, -0.2) is 16.8 Å². The van der Waals surface area contributed by atoms with Crippen LogP contribution in [0.1, 0.15) is 50.2 Å². The van der Waals surface area contributed by atoms with E-state index in [1.54, 1.807) is 19.1 Å². The molecule has 1 heterocycles. The average Bonchev–Trinajstić information content (AvgIpc) is 2.61. The Kier molecular flexibility index (Phi) is 5.41. The first kappa shape index (κ1) is 18.7. The number of fused-ring (bicyclic) bond motifs is 1. The third kappa shape index (κ3) is 4.17. The molecule has 0 radical (unpaired) electrons. The van der Waals surface area contributed by atoms with E-state index in [-0.39, 0.29) is 11.0 Å². The largest absolute Gasteiger partial charge is 0.283 e. The summed E-state index contributed by atoms with van der Waals surface area (Å²) in [7, 11) is -6.63. The molecule has 2 aliphatic rings. The van der Waals surface area contributed by atoms with E-state index in [2.05, 4.69) is 4.72 Å². The molecule has 0 saturated heterocycles. The molecule has 6 nitrogen and oxygen atoms in total. The summed E-state index contributed by atoms with van der Waals surface area (Å²) >= 11 is 0. The van der Waals surface area contributed by atoms with Gasteiger partial charge >= 0.3 is 0 Å². The summed E-state index contributed by atoms with van der Waals surface area (Å²) in [6.45, 7) is 2.43. The predicted molar refractivity (Wildman–Crippen MR) is 99.4 cm³/mol. The van der Waals surface area contributed by atoms with E-state index in [1.165, 1.54) is 4.31 Å². The Bertz CT molecular complexity index is 828. The molecular formula is C17H26N2O4S2. The minimum absolute atomic E-state index is 0.0797. The summed E-state index contributed by atoms with van der Waals surface area (Å²) in [4.78, 5) is 0. The van der Waals surface area contributed by atoms with Crippen LogP contribution >= 0.6 is 0 Å². The summed E-state index contributed by atoms with van der Waals surface area (Å²) in [5.41, 5.74) is 2.50. The molecule has 0 unspecified atom stereocenters. The Morgan fingerprint density at radius 1 is 1.08 bits per heavy atom. The highest BCUT2D eigenvalue weighted by Crippen LogP contribution is 2.28. The zero-order valence-corrected chi connectivity index (χ0v) is 16.2. The lowest BCUT2D eigenvalue weighted by molar-refractivity contribution is 0.392. The van der Waals surface area contributed by atoms with Gasteiger partial charge in [-0.3, -0.25) is 4.72 Å². The first-order valence-corrected chi connectivity index (χ1v) is 12.1. The number of benzene rings is 1. The third-order valence-electron chi connectivity index (χ3n) is 5.19. The van der Waals surface area contributed by atoms with Gasteiger partial charge in [-0.15, -0.1) is 0 Å². The highest BCUT2D eigenvalue weighted by molar-refractivity contribution is 7.93. The molecule has 1 aliphatic carbocycles. The van der Waals surface area contributed by atoms with Gasteiger partial charge in [-0.2, -0.15) is 4.31 Å². The second-order valence-electron chi connectivity index (χ2n) is 6.87. The van der Waals surface area contributed by atoms with E-state index in [1.807, 2.05) is 6.07 Å². The summed E-state index contributed by atoms with van der Waals surface area (Å²) in [6, 6.07) is 5.47. The molecule has 1 N–H and O–H groups in total. The van der Waals surface area contributed by atoms with Gasteiger partial charge < -0.3 is 0 Å². The van der Waals surface area contributed by atoms with Crippen molar-refractivity contribution in [3.63, 3.8) is 0 Å². The number of nitrogens with one attached hydrogen (secondary N) is 1. The molecule has 0 atom stereocenters. The van der Waals surface area contributed by atoms with Crippen molar-refractivity contribution in [3.8, 4) is 0 Å². The van der Waals surface area contributed by atoms with Crippen LogP contribution in [0.15, 0.2) is 18.2 Å². The number of nitrogens with zero attached hydrogens (tertiary/aromatic N) is 1. The monoisotopic (exact) mass is 386 g/mol. The molecule has 0 spiro atoms. The first-order chi connectivity index (χ1) is 11.8. The van der Waals surface area contributed by atoms with Crippen LogP contribution in [0.4, 0.5) is 5.69 Å². The third-order valence-corrected chi connectivity index (χ3v) is 8.89. The van der Waals surface area contributed by atoms with Gasteiger partial charge in [0, 0.05) is 18.8 Å². The van der Waals surface area contributed by atoms with E-state index >= 15 is 0 Å². The van der Waals surface area contributed by atoms with Crippen LogP contribution in [0, 0.1) is 0 Å². The lowest BCUT2D eigenvalue weighted by atomic mass is 10.0. The normalized spacial score (nSPS) is 20.2. The molecule has 140 valence electrons. The van der Waals surface area contributed by atoms with Crippen LogP contribution < -0.4 is 4.72 Å². The van der Waals surface area contributed by atoms with E-state index in [0.717, 1.165) is 30.4 Å². The average molecular weight is 387 g/mol. The molecule has 0 amide bonds. The Morgan fingerprint density at radius 2 is 1.80 bits per heavy atom. The van der Waals surface area contributed by atoms with E-state index < -0.39 is 20.0 Å². The van der Waals surface area contributed by atoms with Crippen LogP contribution in [-0.2, 0) is 33.0 Å². The van der Waals surface area contributed by atoms with Gasteiger partial charge in [0.05, 0.1) is 11.0 Å². The Hall–Kier alpha value is -1.12. The van der Waals surface area contributed by atoms with Crippen molar-refractivity contribution in [1.29, 1.82) is 0 Å². The number of hydrogen-bond acceptors (Lipinski definition) is 4. The first-order valence-electron chi connectivity index (χ1n) is 8.93. The van der Waals surface area contributed by atoms with E-state index in [4.69, 9.17) is 0 Å². The van der Waals surface area contributed by atoms with Gasteiger partial charge in [0.1, 0.15) is 0 Å². The molecule has 1 aromatic carbocycles. The van der Waals surface area contributed by atoms with Gasteiger partial charge in [0.15, 0.2) is 0 Å². The number of anilines is 1. The highest BCUT2D eigenvalue weighted by Gasteiger charge is 2.28. The van der Waals surface area contributed by atoms with Crippen LogP contribution in [0.3, 0.4) is 0 Å². The van der Waals surface area contributed by atoms with E-state index in [9.17, 15) is 16.8 Å². The maximum absolute atomic E-state index is 12.6. The number of sulfonamides is 2. The molecule has 3 rings (SSSR count). The summed E-state index contributed by atoms with van der Waals surface area (Å²) < 4.78 is 53.5. The standard InChI is InChI=1S/C17H26N2O4S2/c1-2-24(20,21)19-11-10-14-8-9-16(12-15(14)13-19)18-25(22,23)17-6-4-3-5-7-17/h8-9,12,17-18H,2-7,10-11,13H2,1H3. The molecular weight excluding hydrogens is 360 g/mol. The summed E-state index contributed by atoms with van der Waals surface area (Å²) in [5, 5.41) is -0.325. The maximum Gasteiger partial charge on any atom is 0.235 e. The second kappa shape index (κ2) is 7.25. The Labute approximate surface area is 150 Å². The van der Waals surface area contributed by atoms with Crippen molar-refractivity contribution in [2.24, 2.45) is 0 Å². The minimum Gasteiger partial charge on any atom is -0.283 e. The second-order valence-corrected chi connectivity index (χ2v) is 11.1. The van der Waals surface area contributed by atoms with Gasteiger partial charge in [-0.05, 0) is 49.4 Å². The predicted octanol–water partition coefficient (Wildman–Crippen LogP) is 2.47. The zero-order chi connectivity index (χ0) is 18.1. The maximum atomic E-state index is 12.6. The lowest BCUT2D eigenvalue weighted by Crippen LogP contribution is -2.37. The van der Waals surface area contributed by atoms with Crippen LogP contribution in [0.25, 0.3) is 0 Å². The van der Waals surface area contributed by atoms with Crippen LogP contribution in [0.2, 0.25) is 0 Å². The van der Waals surface area contributed by atoms with Gasteiger partial charge in [0.2, 0.25) is 20.0 Å². The van der Waals surface area contributed by atoms with Gasteiger partial charge in [-0.1, -0.05) is 25.3 Å². The van der Waals surface area contributed by atoms with Crippen molar-refractivity contribution >= 4 is 25.7 Å². The van der Waals surface area contributed by atoms with Crippen LogP contribution in [0.5, 0.6) is 0 Å². The Balaban J connectivity index is 1.78. The van der Waals surface area contributed by atoms with Crippen LogP contribution in [-0.4, -0.2) is 38.7 Å². The summed E-state index contributed by atoms with van der Waals surface area (Å²) in [6.07, 6.45) is 5.10. The lowest BCUT2D eigenvalue weighted by Gasteiger charge is -2.28. The smallest absolute Gasteiger partial charge is 0.235 e. The fourth-order valence-electron chi connectivity index (χ4n) is 3.64. The fourth-order valence-corrected chi connectivity index (χ4v) is 6.28.